The third-order valence-electron chi connectivity index (χ3n) is 5.64. The van der Waals surface area contributed by atoms with E-state index in [1.807, 2.05) is 24.3 Å². The fraction of sp³-hybridized carbons (Fsp3) is 0.391. The van der Waals surface area contributed by atoms with Gasteiger partial charge in [0.15, 0.2) is 23.0 Å². The van der Waals surface area contributed by atoms with Crippen LogP contribution in [0, 0.1) is 0 Å². The van der Waals surface area contributed by atoms with Gasteiger partial charge in [-0.1, -0.05) is 23.7 Å². The topological polar surface area (TPSA) is 76.8 Å². The maximum absolute atomic E-state index is 12.7. The number of ether oxygens (including phenoxy) is 2. The molecule has 1 fully saturated rings. The Hall–Kier alpha value is -2.77. The third kappa shape index (κ3) is 4.48. The van der Waals surface area contributed by atoms with E-state index in [2.05, 4.69) is 15.2 Å². The van der Waals surface area contributed by atoms with Gasteiger partial charge in [-0.05, 0) is 31.5 Å². The minimum absolute atomic E-state index is 0.116. The van der Waals surface area contributed by atoms with Gasteiger partial charge in [-0.3, -0.25) is 9.69 Å². The lowest BCUT2D eigenvalue weighted by molar-refractivity contribution is -0.117. The van der Waals surface area contributed by atoms with Crippen LogP contribution in [0.4, 0.5) is 5.69 Å². The van der Waals surface area contributed by atoms with E-state index in [4.69, 9.17) is 25.5 Å². The number of oxazole rings is 1. The molecule has 162 valence electrons. The summed E-state index contributed by atoms with van der Waals surface area (Å²) >= 11 is 6.36. The van der Waals surface area contributed by atoms with E-state index >= 15 is 0 Å². The number of likely N-dealkylation sites (tertiary alicyclic amines) is 1. The first kappa shape index (κ1) is 20.2. The number of para-hydroxylation sites is 2. The van der Waals surface area contributed by atoms with Crippen LogP contribution in [0.25, 0.3) is 11.1 Å². The van der Waals surface area contributed by atoms with E-state index < -0.39 is 0 Å². The second-order valence-electron chi connectivity index (χ2n) is 7.97. The summed E-state index contributed by atoms with van der Waals surface area (Å²) in [6.07, 6.45) is 2.80. The summed E-state index contributed by atoms with van der Waals surface area (Å²) in [5.74, 6) is 2.02. The van der Waals surface area contributed by atoms with Gasteiger partial charge in [0.05, 0.1) is 30.5 Å². The van der Waals surface area contributed by atoms with E-state index in [-0.39, 0.29) is 18.4 Å². The Balaban J connectivity index is 1.23. The molecule has 31 heavy (non-hydrogen) atoms. The first-order chi connectivity index (χ1) is 15.2. The molecule has 0 radical (unpaired) electrons. The minimum atomic E-state index is -0.116. The van der Waals surface area contributed by atoms with Crippen molar-refractivity contribution in [3.8, 4) is 11.5 Å². The number of amides is 1. The van der Waals surface area contributed by atoms with Crippen LogP contribution in [-0.2, 0) is 4.79 Å². The molecule has 1 saturated heterocycles. The number of carbonyl (C=O) groups excluding carboxylic acids is 1. The number of carbonyl (C=O) groups is 1. The molecular weight excluding hydrogens is 418 g/mol. The number of rotatable bonds is 4. The summed E-state index contributed by atoms with van der Waals surface area (Å²) in [7, 11) is 0. The first-order valence-corrected chi connectivity index (χ1v) is 11.0. The zero-order valence-corrected chi connectivity index (χ0v) is 17.9. The highest BCUT2D eigenvalue weighted by Gasteiger charge is 2.27. The molecule has 3 heterocycles. The van der Waals surface area contributed by atoms with Crippen LogP contribution >= 0.6 is 11.6 Å². The number of hydrogen-bond donors (Lipinski definition) is 1. The summed E-state index contributed by atoms with van der Waals surface area (Å²) in [5.41, 5.74) is 2.20. The highest BCUT2D eigenvalue weighted by atomic mass is 35.5. The average molecular weight is 442 g/mol. The third-order valence-corrected chi connectivity index (χ3v) is 5.96. The molecule has 7 nitrogen and oxygen atoms in total. The van der Waals surface area contributed by atoms with E-state index in [1.54, 1.807) is 12.1 Å². The SMILES string of the molecule is O=C(CN1CCCC(c2nc3ccccc3o2)C1)Nc1cc2c(cc1Cl)OCCCO2. The number of nitrogens with zero attached hydrogens (tertiary/aromatic N) is 2. The number of piperidine rings is 1. The van der Waals surface area contributed by atoms with Gasteiger partial charge in [0.2, 0.25) is 5.91 Å². The lowest BCUT2D eigenvalue weighted by Crippen LogP contribution is -2.39. The maximum Gasteiger partial charge on any atom is 0.238 e. The highest BCUT2D eigenvalue weighted by molar-refractivity contribution is 6.34. The maximum atomic E-state index is 12.7. The van der Waals surface area contributed by atoms with Crippen molar-refractivity contribution < 1.29 is 18.7 Å². The molecular formula is C23H24ClN3O4. The van der Waals surface area contributed by atoms with E-state index in [0.29, 0.717) is 35.4 Å². The van der Waals surface area contributed by atoms with Crippen molar-refractivity contribution in [2.75, 3.05) is 38.2 Å². The number of fused-ring (bicyclic) bond motifs is 2. The second kappa shape index (κ2) is 8.77. The zero-order valence-electron chi connectivity index (χ0n) is 17.1. The molecule has 1 unspecified atom stereocenters. The van der Waals surface area contributed by atoms with Crippen LogP contribution in [0.3, 0.4) is 0 Å². The fourth-order valence-electron chi connectivity index (χ4n) is 4.14. The molecule has 0 bridgehead atoms. The molecule has 0 spiro atoms. The summed E-state index contributed by atoms with van der Waals surface area (Å²) in [6.45, 7) is 3.04. The molecule has 2 aliphatic heterocycles. The van der Waals surface area contributed by atoms with Gasteiger partial charge < -0.3 is 19.2 Å². The van der Waals surface area contributed by atoms with E-state index in [9.17, 15) is 4.79 Å². The summed E-state index contributed by atoms with van der Waals surface area (Å²) in [6, 6.07) is 11.2. The van der Waals surface area contributed by atoms with Crippen molar-refractivity contribution in [2.45, 2.75) is 25.2 Å². The van der Waals surface area contributed by atoms with Crippen LogP contribution in [0.2, 0.25) is 5.02 Å². The Morgan fingerprint density at radius 3 is 2.81 bits per heavy atom. The van der Waals surface area contributed by atoms with Crippen LogP contribution in [0.15, 0.2) is 40.8 Å². The van der Waals surface area contributed by atoms with Crippen molar-refractivity contribution >= 4 is 34.3 Å². The summed E-state index contributed by atoms with van der Waals surface area (Å²) < 4.78 is 17.3. The Bertz CT molecular complexity index is 1070. The molecule has 1 amide bonds. The Kier molecular flexibility index (Phi) is 5.70. The normalized spacial score (nSPS) is 19.2. The highest BCUT2D eigenvalue weighted by Crippen LogP contribution is 2.37. The monoisotopic (exact) mass is 441 g/mol. The second-order valence-corrected chi connectivity index (χ2v) is 8.38. The molecule has 3 aromatic rings. The molecule has 1 aromatic heterocycles. The van der Waals surface area contributed by atoms with Crippen LogP contribution in [0.1, 0.15) is 31.1 Å². The van der Waals surface area contributed by atoms with Crippen molar-refractivity contribution in [2.24, 2.45) is 0 Å². The van der Waals surface area contributed by atoms with Crippen LogP contribution < -0.4 is 14.8 Å². The fourth-order valence-corrected chi connectivity index (χ4v) is 4.34. The van der Waals surface area contributed by atoms with Crippen molar-refractivity contribution in [1.82, 2.24) is 9.88 Å². The van der Waals surface area contributed by atoms with Gasteiger partial charge >= 0.3 is 0 Å². The van der Waals surface area contributed by atoms with Crippen LogP contribution in [0.5, 0.6) is 11.5 Å². The van der Waals surface area contributed by atoms with E-state index in [1.165, 1.54) is 0 Å². The zero-order chi connectivity index (χ0) is 21.2. The molecule has 8 heteroatoms. The molecule has 5 rings (SSSR count). The van der Waals surface area contributed by atoms with Gasteiger partial charge in [-0.15, -0.1) is 0 Å². The number of hydrogen-bond acceptors (Lipinski definition) is 6. The van der Waals surface area contributed by atoms with Gasteiger partial charge in [0.25, 0.3) is 0 Å². The molecule has 2 aliphatic rings. The smallest absolute Gasteiger partial charge is 0.238 e. The largest absolute Gasteiger partial charge is 0.490 e. The predicted molar refractivity (Wildman–Crippen MR) is 118 cm³/mol. The van der Waals surface area contributed by atoms with Crippen molar-refractivity contribution in [1.29, 1.82) is 0 Å². The van der Waals surface area contributed by atoms with Crippen LogP contribution in [-0.4, -0.2) is 48.6 Å². The first-order valence-electron chi connectivity index (χ1n) is 10.6. The number of anilines is 1. The van der Waals surface area contributed by atoms with E-state index in [0.717, 1.165) is 49.3 Å². The predicted octanol–water partition coefficient (Wildman–Crippen LogP) is 4.46. The quantitative estimate of drug-likeness (QED) is 0.644. The average Bonchev–Trinajstić information content (AvgIpc) is 3.08. The standard InChI is InChI=1S/C23H24ClN3O4/c24-16-11-20-21(30-10-4-9-29-20)12-18(16)25-22(28)14-27-8-3-5-15(13-27)23-26-17-6-1-2-7-19(17)31-23/h1-2,6-7,11-12,15H,3-5,8-10,13-14H2,(H,25,28). The summed E-state index contributed by atoms with van der Waals surface area (Å²) in [4.78, 5) is 19.5. The van der Waals surface area contributed by atoms with Gasteiger partial charge in [-0.25, -0.2) is 4.98 Å². The van der Waals surface area contributed by atoms with Gasteiger partial charge in [-0.2, -0.15) is 0 Å². The molecule has 0 saturated carbocycles. The number of nitrogens with one attached hydrogen (secondary N) is 1. The molecule has 0 aliphatic carbocycles. The molecule has 1 N–H and O–H groups in total. The Morgan fingerprint density at radius 1 is 1.16 bits per heavy atom. The lowest BCUT2D eigenvalue weighted by atomic mass is 9.98. The summed E-state index contributed by atoms with van der Waals surface area (Å²) in [5, 5.41) is 3.35. The number of aromatic nitrogens is 1. The minimum Gasteiger partial charge on any atom is -0.490 e. The number of halogens is 1. The Morgan fingerprint density at radius 2 is 1.97 bits per heavy atom. The van der Waals surface area contributed by atoms with Gasteiger partial charge in [0, 0.05) is 31.0 Å². The molecule has 1 atom stereocenters. The number of benzene rings is 2. The Labute approximate surface area is 185 Å². The van der Waals surface area contributed by atoms with Crippen molar-refractivity contribution in [3.63, 3.8) is 0 Å². The van der Waals surface area contributed by atoms with Gasteiger partial charge in [0.1, 0.15) is 5.52 Å². The van der Waals surface area contributed by atoms with Crippen molar-refractivity contribution in [3.05, 3.63) is 47.3 Å². The molecule has 2 aromatic carbocycles. The lowest BCUT2D eigenvalue weighted by Gasteiger charge is -2.30.